The van der Waals surface area contributed by atoms with E-state index < -0.39 is 11.2 Å². The summed E-state index contributed by atoms with van der Waals surface area (Å²) in [7, 11) is 0. The van der Waals surface area contributed by atoms with Crippen LogP contribution in [0, 0.1) is 0 Å². The fourth-order valence-corrected chi connectivity index (χ4v) is 1.48. The minimum Gasteiger partial charge on any atom is -0.333 e. The normalized spacial score (nSPS) is 12.6. The van der Waals surface area contributed by atoms with Crippen LogP contribution in [0.3, 0.4) is 0 Å². The Morgan fingerprint density at radius 2 is 1.33 bits per heavy atom. The summed E-state index contributed by atoms with van der Waals surface area (Å²) in [4.78, 5) is 21.8. The summed E-state index contributed by atoms with van der Waals surface area (Å²) in [6.45, 7) is 15.7. The lowest BCUT2D eigenvalue weighted by Gasteiger charge is -2.23. The summed E-state index contributed by atoms with van der Waals surface area (Å²) < 4.78 is 0. The Balaban J connectivity index is 3.02. The Bertz CT molecular complexity index is 453. The van der Waals surface area contributed by atoms with Crippen LogP contribution in [0.5, 0.6) is 11.5 Å². The lowest BCUT2D eigenvalue weighted by Crippen LogP contribution is -2.23. The lowest BCUT2D eigenvalue weighted by atomic mass is 10.0. The summed E-state index contributed by atoms with van der Waals surface area (Å²) in [6.07, 6.45) is 0. The van der Waals surface area contributed by atoms with Gasteiger partial charge in [0.2, 0.25) is 11.5 Å². The van der Waals surface area contributed by atoms with E-state index in [4.69, 9.17) is 19.6 Å². The predicted molar refractivity (Wildman–Crippen MR) is 83.5 cm³/mol. The Hall–Kier alpha value is -1.26. The van der Waals surface area contributed by atoms with E-state index in [1.165, 1.54) is 0 Å². The van der Waals surface area contributed by atoms with Gasteiger partial charge in [-0.15, -0.1) is 0 Å². The van der Waals surface area contributed by atoms with E-state index in [1.807, 2.05) is 53.7 Å². The van der Waals surface area contributed by atoms with Gasteiger partial charge in [0.25, 0.3) is 0 Å². The fourth-order valence-electron chi connectivity index (χ4n) is 1.48. The van der Waals surface area contributed by atoms with Gasteiger partial charge >= 0.3 is 0 Å². The number of benzene rings is 1. The summed E-state index contributed by atoms with van der Waals surface area (Å²) in [5.41, 5.74) is 0.191. The van der Waals surface area contributed by atoms with Gasteiger partial charge < -0.3 is 9.78 Å². The number of hydrogen-bond acceptors (Lipinski definition) is 4. The van der Waals surface area contributed by atoms with Crippen LogP contribution in [-0.4, -0.2) is 11.2 Å². The maximum atomic E-state index is 5.55. The molecule has 0 aromatic heterocycles. The van der Waals surface area contributed by atoms with Crippen LogP contribution in [-0.2, 0) is 9.78 Å². The Labute approximate surface area is 128 Å². The summed E-state index contributed by atoms with van der Waals surface area (Å²) in [5.74, 6) is 1.36. The van der Waals surface area contributed by atoms with E-state index in [1.54, 1.807) is 6.07 Å². The van der Waals surface area contributed by atoms with Crippen LogP contribution in [0.25, 0.3) is 0 Å². The highest BCUT2D eigenvalue weighted by atomic mass is 17.2. The highest BCUT2D eigenvalue weighted by Crippen LogP contribution is 2.37. The highest BCUT2D eigenvalue weighted by molar-refractivity contribution is 5.47. The van der Waals surface area contributed by atoms with Crippen LogP contribution in [0.1, 0.15) is 66.9 Å². The van der Waals surface area contributed by atoms with Gasteiger partial charge in [0.1, 0.15) is 11.2 Å². The molecule has 4 nitrogen and oxygen atoms in total. The zero-order valence-electron chi connectivity index (χ0n) is 14.4. The SMILES string of the molecule is CC(C)c1cccc(OOC(C)(C)C)c1OOC(C)(C)C. The van der Waals surface area contributed by atoms with Crippen LogP contribution in [0.2, 0.25) is 0 Å². The molecular formula is C17H28O4. The second-order valence-corrected chi connectivity index (χ2v) is 7.39. The second-order valence-electron chi connectivity index (χ2n) is 7.39. The third-order valence-corrected chi connectivity index (χ3v) is 2.39. The van der Waals surface area contributed by atoms with Crippen molar-refractivity contribution in [3.8, 4) is 11.5 Å². The van der Waals surface area contributed by atoms with E-state index in [0.717, 1.165) is 5.56 Å². The second kappa shape index (κ2) is 6.67. The van der Waals surface area contributed by atoms with E-state index in [2.05, 4.69) is 13.8 Å². The largest absolute Gasteiger partial charge is 0.333 e. The molecule has 0 spiro atoms. The molecule has 0 aliphatic rings. The number of rotatable bonds is 5. The molecule has 0 saturated heterocycles. The molecule has 1 aromatic carbocycles. The van der Waals surface area contributed by atoms with Crippen molar-refractivity contribution in [3.05, 3.63) is 23.8 Å². The maximum absolute atomic E-state index is 5.55. The molecule has 0 amide bonds. The van der Waals surface area contributed by atoms with Crippen molar-refractivity contribution in [2.24, 2.45) is 0 Å². The molecule has 0 radical (unpaired) electrons. The molecule has 0 aliphatic carbocycles. The quantitative estimate of drug-likeness (QED) is 0.564. The van der Waals surface area contributed by atoms with Gasteiger partial charge in [-0.25, -0.2) is 0 Å². The van der Waals surface area contributed by atoms with Crippen LogP contribution >= 0.6 is 0 Å². The average molecular weight is 296 g/mol. The number of hydrogen-bond donors (Lipinski definition) is 0. The van der Waals surface area contributed by atoms with Gasteiger partial charge in [-0.05, 0) is 53.5 Å². The molecule has 0 heterocycles. The van der Waals surface area contributed by atoms with Crippen molar-refractivity contribution in [3.63, 3.8) is 0 Å². The molecule has 0 atom stereocenters. The van der Waals surface area contributed by atoms with Crippen molar-refractivity contribution >= 4 is 0 Å². The third kappa shape index (κ3) is 6.36. The van der Waals surface area contributed by atoms with Gasteiger partial charge in [0, 0.05) is 5.56 Å². The molecule has 0 unspecified atom stereocenters. The zero-order chi connectivity index (χ0) is 16.3. The summed E-state index contributed by atoms with van der Waals surface area (Å²) >= 11 is 0. The summed E-state index contributed by atoms with van der Waals surface area (Å²) in [5, 5.41) is 0. The predicted octanol–water partition coefficient (Wildman–Crippen LogP) is 5.03. The molecule has 0 N–H and O–H groups in total. The van der Waals surface area contributed by atoms with Gasteiger partial charge in [-0.1, -0.05) is 26.0 Å². The highest BCUT2D eigenvalue weighted by Gasteiger charge is 2.21. The van der Waals surface area contributed by atoms with E-state index in [-0.39, 0.29) is 5.92 Å². The van der Waals surface area contributed by atoms with Gasteiger partial charge in [-0.3, -0.25) is 0 Å². The Morgan fingerprint density at radius 3 is 1.81 bits per heavy atom. The molecule has 0 saturated carbocycles. The molecule has 21 heavy (non-hydrogen) atoms. The van der Waals surface area contributed by atoms with E-state index >= 15 is 0 Å². The van der Waals surface area contributed by atoms with Gasteiger partial charge in [0.05, 0.1) is 0 Å². The number of para-hydroxylation sites is 1. The topological polar surface area (TPSA) is 36.9 Å². The monoisotopic (exact) mass is 296 g/mol. The molecule has 4 heteroatoms. The maximum Gasteiger partial charge on any atom is 0.214 e. The molecule has 1 rings (SSSR count). The first kappa shape index (κ1) is 17.8. The Kier molecular flexibility index (Phi) is 5.65. The van der Waals surface area contributed by atoms with Gasteiger partial charge in [-0.2, -0.15) is 9.78 Å². The fraction of sp³-hybridized carbons (Fsp3) is 0.647. The molecule has 0 aliphatic heterocycles. The van der Waals surface area contributed by atoms with Crippen molar-refractivity contribution in [2.75, 3.05) is 0 Å². The minimum absolute atomic E-state index is 0.279. The third-order valence-electron chi connectivity index (χ3n) is 2.39. The van der Waals surface area contributed by atoms with Crippen LogP contribution in [0.4, 0.5) is 0 Å². The Morgan fingerprint density at radius 1 is 0.810 bits per heavy atom. The first-order chi connectivity index (χ1) is 9.49. The first-order valence-electron chi connectivity index (χ1n) is 7.34. The van der Waals surface area contributed by atoms with Crippen LogP contribution in [0.15, 0.2) is 18.2 Å². The standard InChI is InChI=1S/C17H28O4/c1-12(2)13-10-9-11-14(18-20-16(3,4)5)15(13)19-21-17(6,7)8/h9-12H,1-8H3. The van der Waals surface area contributed by atoms with Crippen LogP contribution < -0.4 is 9.78 Å². The van der Waals surface area contributed by atoms with E-state index in [0.29, 0.717) is 11.5 Å². The van der Waals surface area contributed by atoms with Crippen molar-refractivity contribution < 1.29 is 19.6 Å². The van der Waals surface area contributed by atoms with Crippen molar-refractivity contribution in [2.45, 2.75) is 72.5 Å². The van der Waals surface area contributed by atoms with Gasteiger partial charge in [0.15, 0.2) is 0 Å². The minimum atomic E-state index is -0.410. The van der Waals surface area contributed by atoms with E-state index in [9.17, 15) is 0 Å². The smallest absolute Gasteiger partial charge is 0.214 e. The molecule has 120 valence electrons. The molecule has 0 fully saturated rings. The molecule has 1 aromatic rings. The molecular weight excluding hydrogens is 268 g/mol. The average Bonchev–Trinajstić information content (AvgIpc) is 2.31. The van der Waals surface area contributed by atoms with Crippen molar-refractivity contribution in [1.29, 1.82) is 0 Å². The zero-order valence-corrected chi connectivity index (χ0v) is 14.4. The summed E-state index contributed by atoms with van der Waals surface area (Å²) in [6, 6.07) is 5.72. The first-order valence-corrected chi connectivity index (χ1v) is 7.34. The molecule has 0 bridgehead atoms. The van der Waals surface area contributed by atoms with Crippen molar-refractivity contribution in [1.82, 2.24) is 0 Å². The lowest BCUT2D eigenvalue weighted by molar-refractivity contribution is -0.292.